The molecule has 0 spiro atoms. The number of nitrogens with zero attached hydrogens (tertiary/aromatic N) is 4. The Morgan fingerprint density at radius 2 is 1.65 bits per heavy atom. The standard InChI is InChI=1S/C20H22N4O2/c1-2-3-14-24-18(21-22-23-24)15-26-20(25)19(16-10-6-4-7-11-16)17-12-8-5-9-13-17/h4-13,19H,2-3,14-15H2,1H3. The second-order valence-corrected chi connectivity index (χ2v) is 6.03. The zero-order valence-corrected chi connectivity index (χ0v) is 14.8. The molecule has 1 heterocycles. The fourth-order valence-corrected chi connectivity index (χ4v) is 2.78. The van der Waals surface area contributed by atoms with Crippen LogP contribution in [0.5, 0.6) is 0 Å². The maximum atomic E-state index is 12.9. The molecule has 0 saturated carbocycles. The molecule has 3 aromatic rings. The smallest absolute Gasteiger partial charge is 0.318 e. The van der Waals surface area contributed by atoms with Crippen molar-refractivity contribution >= 4 is 5.97 Å². The van der Waals surface area contributed by atoms with Crippen LogP contribution in [-0.4, -0.2) is 26.2 Å². The number of hydrogen-bond acceptors (Lipinski definition) is 5. The molecule has 0 aliphatic carbocycles. The molecule has 6 nitrogen and oxygen atoms in total. The summed E-state index contributed by atoms with van der Waals surface area (Å²) in [5.41, 5.74) is 1.79. The molecule has 0 radical (unpaired) electrons. The lowest BCUT2D eigenvalue weighted by atomic mass is 9.91. The van der Waals surface area contributed by atoms with Gasteiger partial charge >= 0.3 is 5.97 Å². The highest BCUT2D eigenvalue weighted by Crippen LogP contribution is 2.26. The molecule has 0 aliphatic heterocycles. The minimum atomic E-state index is -0.475. The second-order valence-electron chi connectivity index (χ2n) is 6.03. The Balaban J connectivity index is 1.76. The molecule has 0 fully saturated rings. The quantitative estimate of drug-likeness (QED) is 0.583. The maximum Gasteiger partial charge on any atom is 0.318 e. The number of tetrazole rings is 1. The van der Waals surface area contributed by atoms with Crippen molar-refractivity contribution in [3.05, 3.63) is 77.6 Å². The highest BCUT2D eigenvalue weighted by molar-refractivity contribution is 5.82. The van der Waals surface area contributed by atoms with Crippen molar-refractivity contribution in [2.24, 2.45) is 0 Å². The van der Waals surface area contributed by atoms with Gasteiger partial charge in [-0.3, -0.25) is 4.79 Å². The lowest BCUT2D eigenvalue weighted by Crippen LogP contribution is -2.18. The summed E-state index contributed by atoms with van der Waals surface area (Å²) in [4.78, 5) is 12.9. The summed E-state index contributed by atoms with van der Waals surface area (Å²) in [5, 5.41) is 11.6. The molecule has 6 heteroatoms. The predicted octanol–water partition coefficient (Wildman–Crippen LogP) is 3.35. The van der Waals surface area contributed by atoms with Crippen molar-refractivity contribution in [1.82, 2.24) is 20.2 Å². The zero-order valence-electron chi connectivity index (χ0n) is 14.8. The molecule has 0 saturated heterocycles. The lowest BCUT2D eigenvalue weighted by Gasteiger charge is -2.17. The van der Waals surface area contributed by atoms with Gasteiger partial charge in [0.25, 0.3) is 0 Å². The second kappa shape index (κ2) is 8.89. The fourth-order valence-electron chi connectivity index (χ4n) is 2.78. The number of carbonyl (C=O) groups excluding carboxylic acids is 1. The van der Waals surface area contributed by atoms with Gasteiger partial charge in [0, 0.05) is 6.54 Å². The number of aromatic nitrogens is 4. The number of unbranched alkanes of at least 4 members (excludes halogenated alkanes) is 1. The third kappa shape index (κ3) is 4.33. The van der Waals surface area contributed by atoms with Crippen molar-refractivity contribution in [3.8, 4) is 0 Å². The van der Waals surface area contributed by atoms with Crippen LogP contribution in [0.15, 0.2) is 60.7 Å². The van der Waals surface area contributed by atoms with E-state index in [2.05, 4.69) is 22.4 Å². The van der Waals surface area contributed by atoms with E-state index >= 15 is 0 Å². The van der Waals surface area contributed by atoms with Crippen LogP contribution in [-0.2, 0) is 22.7 Å². The van der Waals surface area contributed by atoms with Gasteiger partial charge in [0.15, 0.2) is 12.4 Å². The molecule has 3 rings (SSSR count). The van der Waals surface area contributed by atoms with Crippen molar-refractivity contribution in [3.63, 3.8) is 0 Å². The molecule has 0 aliphatic rings. The van der Waals surface area contributed by atoms with Crippen LogP contribution < -0.4 is 0 Å². The van der Waals surface area contributed by atoms with Crippen molar-refractivity contribution < 1.29 is 9.53 Å². The van der Waals surface area contributed by atoms with E-state index < -0.39 is 5.92 Å². The van der Waals surface area contributed by atoms with Crippen LogP contribution in [0.25, 0.3) is 0 Å². The molecule has 1 aromatic heterocycles. The normalized spacial score (nSPS) is 10.8. The maximum absolute atomic E-state index is 12.9. The van der Waals surface area contributed by atoms with E-state index in [0.717, 1.165) is 30.5 Å². The summed E-state index contributed by atoms with van der Waals surface area (Å²) < 4.78 is 7.27. The van der Waals surface area contributed by atoms with Crippen molar-refractivity contribution in [2.45, 2.75) is 38.8 Å². The van der Waals surface area contributed by atoms with Crippen molar-refractivity contribution in [1.29, 1.82) is 0 Å². The van der Waals surface area contributed by atoms with Gasteiger partial charge in [0.05, 0.1) is 0 Å². The Hall–Kier alpha value is -3.02. The number of benzene rings is 2. The monoisotopic (exact) mass is 350 g/mol. The summed E-state index contributed by atoms with van der Waals surface area (Å²) in [6.07, 6.45) is 2.02. The van der Waals surface area contributed by atoms with Crippen LogP contribution >= 0.6 is 0 Å². The Labute approximate surface area is 152 Å². The van der Waals surface area contributed by atoms with Crippen molar-refractivity contribution in [2.75, 3.05) is 0 Å². The minimum Gasteiger partial charge on any atom is -0.457 e. The number of ether oxygens (including phenoxy) is 1. The van der Waals surface area contributed by atoms with E-state index in [-0.39, 0.29) is 12.6 Å². The Kier molecular flexibility index (Phi) is 6.09. The SMILES string of the molecule is CCCCn1nnnc1COC(=O)C(c1ccccc1)c1ccccc1. The first-order chi connectivity index (χ1) is 12.8. The van der Waals surface area contributed by atoms with E-state index in [1.165, 1.54) is 0 Å². The molecule has 0 N–H and O–H groups in total. The van der Waals surface area contributed by atoms with Crippen LogP contribution in [0.2, 0.25) is 0 Å². The molecule has 0 amide bonds. The first-order valence-corrected chi connectivity index (χ1v) is 8.81. The van der Waals surface area contributed by atoms with Gasteiger partial charge in [-0.1, -0.05) is 74.0 Å². The van der Waals surface area contributed by atoms with Gasteiger partial charge in [-0.2, -0.15) is 0 Å². The van der Waals surface area contributed by atoms with Crippen LogP contribution in [0.1, 0.15) is 42.6 Å². The highest BCUT2D eigenvalue weighted by Gasteiger charge is 2.24. The Bertz CT molecular complexity index is 779. The summed E-state index contributed by atoms with van der Waals surface area (Å²) in [7, 11) is 0. The molecule has 26 heavy (non-hydrogen) atoms. The van der Waals surface area contributed by atoms with E-state index in [0.29, 0.717) is 5.82 Å². The summed E-state index contributed by atoms with van der Waals surface area (Å²) in [6, 6.07) is 19.3. The van der Waals surface area contributed by atoms with E-state index in [9.17, 15) is 4.79 Å². The van der Waals surface area contributed by atoms with E-state index in [1.807, 2.05) is 60.7 Å². The average molecular weight is 350 g/mol. The molecule has 134 valence electrons. The number of aryl methyl sites for hydroxylation is 1. The number of esters is 1. The average Bonchev–Trinajstić information content (AvgIpc) is 3.14. The Morgan fingerprint density at radius 3 is 2.23 bits per heavy atom. The van der Waals surface area contributed by atoms with Gasteiger partial charge < -0.3 is 4.74 Å². The van der Waals surface area contributed by atoms with Gasteiger partial charge in [0.1, 0.15) is 5.92 Å². The zero-order chi connectivity index (χ0) is 18.2. The van der Waals surface area contributed by atoms with Gasteiger partial charge in [-0.25, -0.2) is 4.68 Å². The van der Waals surface area contributed by atoms with Crippen LogP contribution in [0.4, 0.5) is 0 Å². The summed E-state index contributed by atoms with van der Waals surface area (Å²) >= 11 is 0. The topological polar surface area (TPSA) is 69.9 Å². The summed E-state index contributed by atoms with van der Waals surface area (Å²) in [6.45, 7) is 2.89. The first-order valence-electron chi connectivity index (χ1n) is 8.81. The Morgan fingerprint density at radius 1 is 1.04 bits per heavy atom. The van der Waals surface area contributed by atoms with E-state index in [4.69, 9.17) is 4.74 Å². The third-order valence-corrected chi connectivity index (χ3v) is 4.17. The molecular formula is C20H22N4O2. The fraction of sp³-hybridized carbons (Fsp3) is 0.300. The number of rotatable bonds is 8. The van der Waals surface area contributed by atoms with Gasteiger partial charge in [0.2, 0.25) is 0 Å². The molecule has 0 unspecified atom stereocenters. The molecule has 0 atom stereocenters. The largest absolute Gasteiger partial charge is 0.457 e. The lowest BCUT2D eigenvalue weighted by molar-refractivity contribution is -0.146. The molecule has 0 bridgehead atoms. The minimum absolute atomic E-state index is 0.0612. The molecule has 2 aromatic carbocycles. The predicted molar refractivity (Wildman–Crippen MR) is 97.2 cm³/mol. The van der Waals surface area contributed by atoms with Crippen LogP contribution in [0.3, 0.4) is 0 Å². The first kappa shape index (κ1) is 17.8. The third-order valence-electron chi connectivity index (χ3n) is 4.17. The van der Waals surface area contributed by atoms with E-state index in [1.54, 1.807) is 4.68 Å². The van der Waals surface area contributed by atoms with Crippen LogP contribution in [0, 0.1) is 0 Å². The number of hydrogen-bond donors (Lipinski definition) is 0. The van der Waals surface area contributed by atoms with Gasteiger partial charge in [-0.15, -0.1) is 5.10 Å². The number of carbonyl (C=O) groups is 1. The highest BCUT2D eigenvalue weighted by atomic mass is 16.5. The molecular weight excluding hydrogens is 328 g/mol. The van der Waals surface area contributed by atoms with Gasteiger partial charge in [-0.05, 0) is 28.0 Å². The summed E-state index contributed by atoms with van der Waals surface area (Å²) in [5.74, 6) is -0.225.